The van der Waals surface area contributed by atoms with Gasteiger partial charge in [-0.3, -0.25) is 0 Å². The molecule has 1 aliphatic rings. The van der Waals surface area contributed by atoms with E-state index in [1.54, 1.807) is 0 Å². The fourth-order valence-electron chi connectivity index (χ4n) is 6.60. The largest absolute Gasteiger partial charge is 0.353 e. The van der Waals surface area contributed by atoms with Crippen LogP contribution in [0.3, 0.4) is 0 Å². The number of hydrogen-bond acceptors (Lipinski definition) is 3. The van der Waals surface area contributed by atoms with Gasteiger partial charge in [0.05, 0.1) is 17.1 Å². The van der Waals surface area contributed by atoms with E-state index in [0.29, 0.717) is 5.71 Å². The highest BCUT2D eigenvalue weighted by Gasteiger charge is 2.29. The predicted molar refractivity (Wildman–Crippen MR) is 210 cm³/mol. The van der Waals surface area contributed by atoms with Gasteiger partial charge in [0.25, 0.3) is 0 Å². The Morgan fingerprint density at radius 3 is 1.32 bits per heavy atom. The van der Waals surface area contributed by atoms with Gasteiger partial charge in [0.15, 0.2) is 0 Å². The zero-order valence-corrected chi connectivity index (χ0v) is 27.5. The molecule has 0 amide bonds. The Morgan fingerprint density at radius 1 is 0.420 bits per heavy atom. The molecule has 0 fully saturated rings. The van der Waals surface area contributed by atoms with Gasteiger partial charge < -0.3 is 15.6 Å². The molecule has 1 aliphatic heterocycles. The molecule has 0 atom stereocenters. The third-order valence-corrected chi connectivity index (χ3v) is 9.09. The maximum Gasteiger partial charge on any atom is 0.0782 e. The normalized spacial score (nSPS) is 13.0. The molecule has 0 radical (unpaired) electrons. The van der Waals surface area contributed by atoms with E-state index in [4.69, 9.17) is 5.41 Å². The number of rotatable bonds is 8. The lowest BCUT2D eigenvalue weighted by atomic mass is 9.91. The second kappa shape index (κ2) is 13.8. The summed E-state index contributed by atoms with van der Waals surface area (Å²) in [6.45, 7) is 0. The maximum absolute atomic E-state index is 9.02. The van der Waals surface area contributed by atoms with Crippen LogP contribution in [-0.2, 0) is 0 Å². The van der Waals surface area contributed by atoms with Gasteiger partial charge in [0.1, 0.15) is 0 Å². The average Bonchev–Trinajstić information content (AvgIpc) is 3.20. The molecular formula is C47H35N3. The molecule has 0 unspecified atom stereocenters. The summed E-state index contributed by atoms with van der Waals surface area (Å²) in [4.78, 5) is 2.36. The van der Waals surface area contributed by atoms with Crippen molar-refractivity contribution in [2.45, 2.75) is 0 Å². The molecule has 1 heterocycles. The van der Waals surface area contributed by atoms with E-state index in [-0.39, 0.29) is 0 Å². The molecule has 2 N–H and O–H groups in total. The van der Waals surface area contributed by atoms with Gasteiger partial charge in [-0.15, -0.1) is 0 Å². The van der Waals surface area contributed by atoms with Crippen molar-refractivity contribution in [2.75, 3.05) is 4.90 Å². The zero-order chi connectivity index (χ0) is 33.7. The molecule has 0 saturated carbocycles. The molecule has 0 bridgehead atoms. The lowest BCUT2D eigenvalue weighted by Gasteiger charge is -2.36. The van der Waals surface area contributed by atoms with Crippen LogP contribution in [0.2, 0.25) is 0 Å². The van der Waals surface area contributed by atoms with Crippen LogP contribution in [0.1, 0.15) is 22.3 Å². The highest BCUT2D eigenvalue weighted by molar-refractivity contribution is 6.14. The smallest absolute Gasteiger partial charge is 0.0782 e. The van der Waals surface area contributed by atoms with Crippen LogP contribution in [0.5, 0.6) is 0 Å². The van der Waals surface area contributed by atoms with Gasteiger partial charge in [-0.05, 0) is 58.2 Å². The van der Waals surface area contributed by atoms with Crippen molar-refractivity contribution in [1.82, 2.24) is 5.32 Å². The fourth-order valence-corrected chi connectivity index (χ4v) is 6.60. The Kier molecular flexibility index (Phi) is 8.45. The Hall–Kier alpha value is -6.71. The number of benzene rings is 7. The summed E-state index contributed by atoms with van der Waals surface area (Å²) in [6.07, 6.45) is 1.95. The van der Waals surface area contributed by atoms with Crippen molar-refractivity contribution in [1.29, 1.82) is 5.41 Å². The van der Waals surface area contributed by atoms with Crippen LogP contribution in [-0.4, -0.2) is 5.71 Å². The van der Waals surface area contributed by atoms with Gasteiger partial charge in [-0.2, -0.15) is 0 Å². The fraction of sp³-hybridized carbons (Fsp3) is 0. The molecule has 0 aromatic heterocycles. The van der Waals surface area contributed by atoms with Crippen molar-refractivity contribution in [2.24, 2.45) is 0 Å². The van der Waals surface area contributed by atoms with Crippen molar-refractivity contribution < 1.29 is 0 Å². The van der Waals surface area contributed by atoms with Crippen molar-refractivity contribution in [3.05, 3.63) is 222 Å². The van der Waals surface area contributed by atoms with E-state index in [2.05, 4.69) is 156 Å². The first-order chi connectivity index (χ1) is 24.7. The molecule has 7 aromatic rings. The first-order valence-electron chi connectivity index (χ1n) is 16.9. The Labute approximate surface area is 293 Å². The van der Waals surface area contributed by atoms with Gasteiger partial charge in [0, 0.05) is 33.8 Å². The number of fused-ring (bicyclic) bond motifs is 1. The minimum atomic E-state index is 0.448. The third kappa shape index (κ3) is 6.16. The molecule has 238 valence electrons. The van der Waals surface area contributed by atoms with E-state index in [1.807, 2.05) is 54.6 Å². The molecule has 7 aromatic carbocycles. The van der Waals surface area contributed by atoms with E-state index in [0.717, 1.165) is 61.8 Å². The number of anilines is 2. The molecule has 50 heavy (non-hydrogen) atoms. The van der Waals surface area contributed by atoms with Crippen molar-refractivity contribution >= 4 is 34.2 Å². The molecular weight excluding hydrogens is 607 g/mol. The summed E-state index contributed by atoms with van der Waals surface area (Å²) < 4.78 is 0. The third-order valence-electron chi connectivity index (χ3n) is 9.09. The minimum absolute atomic E-state index is 0.448. The standard InChI is InChI=1S/C47H35N3/c48-44(38-19-9-3-10-20-38)33-45-42-23-13-14-24-43(42)47(46(49-45)39-21-11-4-12-22-39)50(40-29-25-36(26-30-40)34-15-5-1-6-16-34)41-31-27-37(28-32-41)35-17-7-2-8-18-35/h1-33,48-49H/b45-33-,48-44?. The zero-order valence-electron chi connectivity index (χ0n) is 27.5. The maximum atomic E-state index is 9.02. The monoisotopic (exact) mass is 641 g/mol. The minimum Gasteiger partial charge on any atom is -0.353 e. The first kappa shape index (κ1) is 30.6. The van der Waals surface area contributed by atoms with E-state index in [9.17, 15) is 0 Å². The van der Waals surface area contributed by atoms with Crippen LogP contribution < -0.4 is 10.2 Å². The van der Waals surface area contributed by atoms with Crippen LogP contribution in [0.25, 0.3) is 39.3 Å². The lowest BCUT2D eigenvalue weighted by Crippen LogP contribution is -2.27. The molecule has 0 aliphatic carbocycles. The van der Waals surface area contributed by atoms with Crippen LogP contribution in [0, 0.1) is 5.41 Å². The van der Waals surface area contributed by atoms with Crippen LogP contribution >= 0.6 is 0 Å². The highest BCUT2D eigenvalue weighted by atomic mass is 15.2. The summed E-state index contributed by atoms with van der Waals surface area (Å²) in [7, 11) is 0. The molecule has 0 saturated heterocycles. The predicted octanol–water partition coefficient (Wildman–Crippen LogP) is 11.7. The van der Waals surface area contributed by atoms with Gasteiger partial charge in [0.2, 0.25) is 0 Å². The topological polar surface area (TPSA) is 39.1 Å². The number of hydrogen-bond donors (Lipinski definition) is 2. The van der Waals surface area contributed by atoms with Crippen molar-refractivity contribution in [3.63, 3.8) is 0 Å². The molecule has 0 spiro atoms. The molecule has 3 nitrogen and oxygen atoms in total. The Balaban J connectivity index is 1.33. The summed E-state index contributed by atoms with van der Waals surface area (Å²) >= 11 is 0. The summed E-state index contributed by atoms with van der Waals surface area (Å²) in [5.74, 6) is 0. The lowest BCUT2D eigenvalue weighted by molar-refractivity contribution is 1.16. The number of allylic oxidation sites excluding steroid dienone is 1. The molecule has 8 rings (SSSR count). The van der Waals surface area contributed by atoms with Crippen molar-refractivity contribution in [3.8, 4) is 22.3 Å². The Morgan fingerprint density at radius 2 is 0.820 bits per heavy atom. The van der Waals surface area contributed by atoms with Gasteiger partial charge in [-0.1, -0.05) is 170 Å². The highest BCUT2D eigenvalue weighted by Crippen LogP contribution is 2.44. The summed E-state index contributed by atoms with van der Waals surface area (Å²) in [6, 6.07) is 67.5. The van der Waals surface area contributed by atoms with Crippen LogP contribution in [0.4, 0.5) is 11.4 Å². The van der Waals surface area contributed by atoms with Gasteiger partial charge in [-0.25, -0.2) is 0 Å². The number of nitrogens with one attached hydrogen (secondary N) is 2. The van der Waals surface area contributed by atoms with Gasteiger partial charge >= 0.3 is 0 Å². The molecule has 3 heteroatoms. The van der Waals surface area contributed by atoms with E-state index >= 15 is 0 Å². The second-order valence-corrected chi connectivity index (χ2v) is 12.3. The quantitative estimate of drug-likeness (QED) is 0.162. The summed E-state index contributed by atoms with van der Waals surface area (Å²) in [5, 5.41) is 12.9. The SMILES string of the molecule is N=C(/C=C1\NC(c2ccccc2)=C(N(c2ccc(-c3ccccc3)cc2)c2ccc(-c3ccccc3)cc2)c2ccccc21)c1ccccc1. The average molecular weight is 642 g/mol. The number of nitrogens with zero attached hydrogens (tertiary/aromatic N) is 1. The van der Waals surface area contributed by atoms with E-state index in [1.165, 1.54) is 11.1 Å². The van der Waals surface area contributed by atoms with Crippen LogP contribution in [0.15, 0.2) is 200 Å². The van der Waals surface area contributed by atoms with E-state index < -0.39 is 0 Å². The Bertz CT molecular complexity index is 2220. The second-order valence-electron chi connectivity index (χ2n) is 12.3. The summed E-state index contributed by atoms with van der Waals surface area (Å²) in [5.41, 5.74) is 14.2. The first-order valence-corrected chi connectivity index (χ1v) is 16.9.